The molecular formula is C20H31N3O2. The molecule has 2 amide bonds. The van der Waals surface area contributed by atoms with Gasteiger partial charge in [-0.1, -0.05) is 20.8 Å². The Kier molecular flexibility index (Phi) is 6.45. The second-order valence-electron chi connectivity index (χ2n) is 7.42. The third-order valence-corrected chi connectivity index (χ3v) is 4.45. The number of amides is 2. The molecule has 5 heteroatoms. The number of carbonyl (C=O) groups is 2. The number of anilines is 2. The van der Waals surface area contributed by atoms with E-state index in [9.17, 15) is 9.59 Å². The minimum absolute atomic E-state index is 0.00280. The van der Waals surface area contributed by atoms with Crippen molar-refractivity contribution in [3.05, 3.63) is 23.8 Å². The molecule has 25 heavy (non-hydrogen) atoms. The van der Waals surface area contributed by atoms with Gasteiger partial charge in [0.2, 0.25) is 11.8 Å². The Labute approximate surface area is 151 Å². The zero-order chi connectivity index (χ0) is 18.6. The fraction of sp³-hybridized carbons (Fsp3) is 0.600. The van der Waals surface area contributed by atoms with E-state index >= 15 is 0 Å². The molecule has 0 heterocycles. The van der Waals surface area contributed by atoms with Crippen molar-refractivity contribution in [3.63, 3.8) is 0 Å². The number of nitrogens with zero attached hydrogens (tertiary/aromatic N) is 2. The number of benzene rings is 1. The molecule has 1 saturated carbocycles. The Morgan fingerprint density at radius 2 is 1.92 bits per heavy atom. The van der Waals surface area contributed by atoms with E-state index in [0.717, 1.165) is 42.7 Å². The van der Waals surface area contributed by atoms with E-state index in [-0.39, 0.29) is 23.7 Å². The summed E-state index contributed by atoms with van der Waals surface area (Å²) in [5.74, 6) is 0.425. The van der Waals surface area contributed by atoms with Crippen molar-refractivity contribution in [2.24, 2.45) is 11.8 Å². The van der Waals surface area contributed by atoms with Crippen LogP contribution in [0.4, 0.5) is 11.4 Å². The van der Waals surface area contributed by atoms with Crippen LogP contribution in [-0.2, 0) is 16.1 Å². The van der Waals surface area contributed by atoms with Gasteiger partial charge in [-0.15, -0.1) is 0 Å². The maximum Gasteiger partial charge on any atom is 0.226 e. The van der Waals surface area contributed by atoms with Gasteiger partial charge in [0.05, 0.1) is 0 Å². The third-order valence-electron chi connectivity index (χ3n) is 4.45. The number of nitrogens with one attached hydrogen (secondary N) is 1. The summed E-state index contributed by atoms with van der Waals surface area (Å²) in [4.78, 5) is 28.6. The smallest absolute Gasteiger partial charge is 0.226 e. The van der Waals surface area contributed by atoms with E-state index in [1.807, 2.05) is 51.0 Å². The average Bonchev–Trinajstić information content (AvgIpc) is 3.38. The van der Waals surface area contributed by atoms with Crippen LogP contribution < -0.4 is 10.2 Å². The number of rotatable bonds is 8. The van der Waals surface area contributed by atoms with Crippen LogP contribution in [0.3, 0.4) is 0 Å². The molecule has 0 saturated heterocycles. The molecule has 0 spiro atoms. The van der Waals surface area contributed by atoms with Gasteiger partial charge in [0.15, 0.2) is 0 Å². The van der Waals surface area contributed by atoms with Crippen LogP contribution >= 0.6 is 0 Å². The first-order valence-corrected chi connectivity index (χ1v) is 9.23. The highest BCUT2D eigenvalue weighted by molar-refractivity contribution is 5.92. The van der Waals surface area contributed by atoms with Crippen LogP contribution in [-0.4, -0.2) is 37.4 Å². The Morgan fingerprint density at radius 3 is 2.44 bits per heavy atom. The Bertz CT molecular complexity index is 621. The Hall–Kier alpha value is -2.04. The minimum atomic E-state index is -0.0648. The summed E-state index contributed by atoms with van der Waals surface area (Å²) in [7, 11) is 4.00. The van der Waals surface area contributed by atoms with E-state index in [1.165, 1.54) is 0 Å². The van der Waals surface area contributed by atoms with E-state index in [0.29, 0.717) is 6.54 Å². The summed E-state index contributed by atoms with van der Waals surface area (Å²) in [5.41, 5.74) is 2.93. The lowest BCUT2D eigenvalue weighted by Gasteiger charge is -2.26. The lowest BCUT2D eigenvalue weighted by atomic mass is 10.1. The van der Waals surface area contributed by atoms with Crippen molar-refractivity contribution < 1.29 is 9.59 Å². The van der Waals surface area contributed by atoms with Crippen molar-refractivity contribution in [1.29, 1.82) is 0 Å². The van der Waals surface area contributed by atoms with Gasteiger partial charge in [-0.25, -0.2) is 0 Å². The maximum absolute atomic E-state index is 12.6. The zero-order valence-corrected chi connectivity index (χ0v) is 16.1. The molecule has 0 radical (unpaired) electrons. The largest absolute Gasteiger partial charge is 0.377 e. The summed E-state index contributed by atoms with van der Waals surface area (Å²) in [6.07, 6.45) is 2.98. The van der Waals surface area contributed by atoms with Gasteiger partial charge in [0.25, 0.3) is 0 Å². The molecule has 1 aliphatic carbocycles. The number of carbonyl (C=O) groups excluding carboxylic acids is 2. The molecule has 0 atom stereocenters. The first kappa shape index (κ1) is 19.3. The standard InChI is InChI=1S/C20H31N3O2/c1-6-11-23(20(25)15-7-8-15)13-16-12-17(21-19(24)14(2)3)9-10-18(16)22(4)5/h9-10,12,14-15H,6-8,11,13H2,1-5H3,(H,21,24). The van der Waals surface area contributed by atoms with Gasteiger partial charge in [-0.2, -0.15) is 0 Å². The summed E-state index contributed by atoms with van der Waals surface area (Å²) >= 11 is 0. The highest BCUT2D eigenvalue weighted by Crippen LogP contribution is 2.32. The third kappa shape index (κ3) is 5.21. The van der Waals surface area contributed by atoms with Crippen molar-refractivity contribution in [1.82, 2.24) is 4.90 Å². The van der Waals surface area contributed by atoms with Crippen LogP contribution in [0.15, 0.2) is 18.2 Å². The van der Waals surface area contributed by atoms with E-state index in [1.54, 1.807) is 0 Å². The SMILES string of the molecule is CCCN(Cc1cc(NC(=O)C(C)C)ccc1N(C)C)C(=O)C1CC1. The molecule has 5 nitrogen and oxygen atoms in total. The summed E-state index contributed by atoms with van der Waals surface area (Å²) in [6, 6.07) is 5.93. The molecule has 1 aromatic rings. The van der Waals surface area contributed by atoms with Crippen molar-refractivity contribution in [3.8, 4) is 0 Å². The van der Waals surface area contributed by atoms with Gasteiger partial charge in [-0.3, -0.25) is 9.59 Å². The monoisotopic (exact) mass is 345 g/mol. The predicted molar refractivity (Wildman–Crippen MR) is 103 cm³/mol. The molecule has 1 fully saturated rings. The second kappa shape index (κ2) is 8.37. The van der Waals surface area contributed by atoms with Crippen molar-refractivity contribution >= 4 is 23.2 Å². The summed E-state index contributed by atoms with van der Waals surface area (Å²) < 4.78 is 0. The maximum atomic E-state index is 12.6. The van der Waals surface area contributed by atoms with Crippen LogP contribution in [0.2, 0.25) is 0 Å². The van der Waals surface area contributed by atoms with Gasteiger partial charge in [0, 0.05) is 50.4 Å². The number of hydrogen-bond donors (Lipinski definition) is 1. The highest BCUT2D eigenvalue weighted by atomic mass is 16.2. The second-order valence-corrected chi connectivity index (χ2v) is 7.42. The number of hydrogen-bond acceptors (Lipinski definition) is 3. The molecule has 0 bridgehead atoms. The average molecular weight is 345 g/mol. The van der Waals surface area contributed by atoms with Crippen LogP contribution in [0.5, 0.6) is 0 Å². The molecule has 0 aromatic heterocycles. The predicted octanol–water partition coefficient (Wildman–Crippen LogP) is 3.50. The van der Waals surface area contributed by atoms with Crippen molar-refractivity contribution in [2.75, 3.05) is 30.9 Å². The molecular weight excluding hydrogens is 314 g/mol. The first-order valence-electron chi connectivity index (χ1n) is 9.23. The molecule has 1 N–H and O–H groups in total. The molecule has 0 unspecified atom stereocenters. The molecule has 1 aliphatic rings. The van der Waals surface area contributed by atoms with Gasteiger partial charge >= 0.3 is 0 Å². The fourth-order valence-corrected chi connectivity index (χ4v) is 2.84. The summed E-state index contributed by atoms with van der Waals surface area (Å²) in [5, 5.41) is 2.96. The van der Waals surface area contributed by atoms with E-state index < -0.39 is 0 Å². The van der Waals surface area contributed by atoms with Crippen LogP contribution in [0.1, 0.15) is 45.6 Å². The van der Waals surface area contributed by atoms with Gasteiger partial charge < -0.3 is 15.1 Å². The molecule has 0 aliphatic heterocycles. The fourth-order valence-electron chi connectivity index (χ4n) is 2.84. The lowest BCUT2D eigenvalue weighted by Crippen LogP contribution is -2.33. The Morgan fingerprint density at radius 1 is 1.24 bits per heavy atom. The lowest BCUT2D eigenvalue weighted by molar-refractivity contribution is -0.133. The van der Waals surface area contributed by atoms with E-state index in [4.69, 9.17) is 0 Å². The van der Waals surface area contributed by atoms with Crippen molar-refractivity contribution in [2.45, 2.75) is 46.6 Å². The highest BCUT2D eigenvalue weighted by Gasteiger charge is 2.33. The summed E-state index contributed by atoms with van der Waals surface area (Å²) in [6.45, 7) is 7.20. The molecule has 2 rings (SSSR count). The Balaban J connectivity index is 2.24. The minimum Gasteiger partial charge on any atom is -0.377 e. The quantitative estimate of drug-likeness (QED) is 0.784. The van der Waals surface area contributed by atoms with Crippen LogP contribution in [0, 0.1) is 11.8 Å². The van der Waals surface area contributed by atoms with E-state index in [2.05, 4.69) is 17.1 Å². The molecule has 138 valence electrons. The zero-order valence-electron chi connectivity index (χ0n) is 16.1. The van der Waals surface area contributed by atoms with Crippen LogP contribution in [0.25, 0.3) is 0 Å². The van der Waals surface area contributed by atoms with Gasteiger partial charge in [0.1, 0.15) is 0 Å². The first-order chi connectivity index (χ1) is 11.8. The topological polar surface area (TPSA) is 52.7 Å². The van der Waals surface area contributed by atoms with Gasteiger partial charge in [-0.05, 0) is 43.0 Å². The molecule has 1 aromatic carbocycles. The normalized spacial score (nSPS) is 13.7.